The van der Waals surface area contributed by atoms with Crippen LogP contribution in [0.15, 0.2) is 42.6 Å². The van der Waals surface area contributed by atoms with E-state index < -0.39 is 11.8 Å². The summed E-state index contributed by atoms with van der Waals surface area (Å²) in [6.07, 6.45) is 1.99. The summed E-state index contributed by atoms with van der Waals surface area (Å²) >= 11 is 0. The van der Waals surface area contributed by atoms with Crippen molar-refractivity contribution in [2.45, 2.75) is 6.04 Å². The van der Waals surface area contributed by atoms with Gasteiger partial charge in [-0.3, -0.25) is 14.5 Å². The molecule has 1 aromatic carbocycles. The minimum atomic E-state index is -0.710. The molecule has 0 bridgehead atoms. The van der Waals surface area contributed by atoms with E-state index in [-0.39, 0.29) is 6.04 Å². The Morgan fingerprint density at radius 1 is 1.03 bits per heavy atom. The van der Waals surface area contributed by atoms with Crippen LogP contribution in [0.2, 0.25) is 0 Å². The number of nitrogens with one attached hydrogen (secondary N) is 2. The molecule has 0 spiro atoms. The molecule has 29 heavy (non-hydrogen) atoms. The Hall–Kier alpha value is -2.84. The zero-order valence-corrected chi connectivity index (χ0v) is 17.2. The van der Waals surface area contributed by atoms with Gasteiger partial charge in [-0.05, 0) is 31.3 Å². The molecule has 3 rings (SSSR count). The van der Waals surface area contributed by atoms with Gasteiger partial charge in [-0.1, -0.05) is 12.1 Å². The highest BCUT2D eigenvalue weighted by molar-refractivity contribution is 6.39. The van der Waals surface area contributed by atoms with Crippen molar-refractivity contribution in [1.29, 1.82) is 0 Å². The third-order valence-corrected chi connectivity index (χ3v) is 5.32. The predicted molar refractivity (Wildman–Crippen MR) is 112 cm³/mol. The summed E-state index contributed by atoms with van der Waals surface area (Å²) < 4.78 is 7.27. The summed E-state index contributed by atoms with van der Waals surface area (Å²) in [5.74, 6) is -0.865. The fourth-order valence-corrected chi connectivity index (χ4v) is 3.57. The molecule has 2 heterocycles. The zero-order valence-electron chi connectivity index (χ0n) is 17.2. The lowest BCUT2D eigenvalue weighted by molar-refractivity contribution is -0.136. The number of ether oxygens (including phenoxy) is 1. The van der Waals surface area contributed by atoms with Gasteiger partial charge in [0, 0.05) is 51.7 Å². The van der Waals surface area contributed by atoms with E-state index in [1.165, 1.54) is 7.11 Å². The summed E-state index contributed by atoms with van der Waals surface area (Å²) in [4.78, 5) is 29.4. The van der Waals surface area contributed by atoms with Gasteiger partial charge in [-0.25, -0.2) is 0 Å². The SMILES string of the molecule is COc1ccccc1NC(=O)C(=O)NCC(c1cccn1C)N1CCN(C)CC1. The smallest absolute Gasteiger partial charge is 0.313 e. The van der Waals surface area contributed by atoms with Crippen molar-refractivity contribution in [3.05, 3.63) is 48.3 Å². The Kier molecular flexibility index (Phi) is 6.90. The first-order valence-electron chi connectivity index (χ1n) is 9.75. The number of benzene rings is 1. The minimum absolute atomic E-state index is 0.00621. The fraction of sp³-hybridized carbons (Fsp3) is 0.429. The second-order valence-electron chi connectivity index (χ2n) is 7.26. The molecule has 2 aromatic rings. The highest BCUT2D eigenvalue weighted by atomic mass is 16.5. The van der Waals surface area contributed by atoms with Gasteiger partial charge in [-0.2, -0.15) is 0 Å². The number of para-hydroxylation sites is 2. The second-order valence-corrected chi connectivity index (χ2v) is 7.26. The van der Waals surface area contributed by atoms with Crippen molar-refractivity contribution in [2.24, 2.45) is 7.05 Å². The van der Waals surface area contributed by atoms with Crippen LogP contribution < -0.4 is 15.4 Å². The van der Waals surface area contributed by atoms with Gasteiger partial charge in [0.25, 0.3) is 0 Å². The maximum absolute atomic E-state index is 12.4. The van der Waals surface area contributed by atoms with Crippen molar-refractivity contribution < 1.29 is 14.3 Å². The fourth-order valence-electron chi connectivity index (χ4n) is 3.57. The predicted octanol–water partition coefficient (Wildman–Crippen LogP) is 1.08. The third kappa shape index (κ3) is 5.16. The molecule has 8 nitrogen and oxygen atoms in total. The first-order valence-corrected chi connectivity index (χ1v) is 9.75. The van der Waals surface area contributed by atoms with Crippen LogP contribution >= 0.6 is 0 Å². The van der Waals surface area contributed by atoms with Gasteiger partial charge in [-0.15, -0.1) is 0 Å². The Labute approximate surface area is 171 Å². The average molecular weight is 399 g/mol. The quantitative estimate of drug-likeness (QED) is 0.711. The van der Waals surface area contributed by atoms with Gasteiger partial charge in [0.2, 0.25) is 0 Å². The van der Waals surface area contributed by atoms with Crippen LogP contribution in [0.4, 0.5) is 5.69 Å². The summed E-state index contributed by atoms with van der Waals surface area (Å²) in [6, 6.07) is 11.1. The van der Waals surface area contributed by atoms with Crippen molar-refractivity contribution in [2.75, 3.05) is 52.2 Å². The average Bonchev–Trinajstić information content (AvgIpc) is 3.15. The van der Waals surface area contributed by atoms with E-state index >= 15 is 0 Å². The molecular formula is C21H29N5O3. The largest absolute Gasteiger partial charge is 0.495 e. The number of hydrogen-bond donors (Lipinski definition) is 2. The van der Waals surface area contributed by atoms with Crippen molar-refractivity contribution in [1.82, 2.24) is 19.7 Å². The number of amides is 2. The van der Waals surface area contributed by atoms with Crippen LogP contribution in [-0.2, 0) is 16.6 Å². The summed E-state index contributed by atoms with van der Waals surface area (Å²) in [5, 5.41) is 5.42. The van der Waals surface area contributed by atoms with Crippen molar-refractivity contribution in [3.8, 4) is 5.75 Å². The summed E-state index contributed by atoms with van der Waals surface area (Å²) in [5.41, 5.74) is 1.58. The van der Waals surface area contributed by atoms with E-state index in [2.05, 4.69) is 38.1 Å². The number of anilines is 1. The maximum Gasteiger partial charge on any atom is 0.313 e. The highest BCUT2D eigenvalue weighted by Gasteiger charge is 2.27. The number of rotatable bonds is 6. The van der Waals surface area contributed by atoms with Crippen LogP contribution in [-0.4, -0.2) is 73.1 Å². The molecule has 1 atom stereocenters. The van der Waals surface area contributed by atoms with Crippen molar-refractivity contribution >= 4 is 17.5 Å². The molecule has 1 aromatic heterocycles. The van der Waals surface area contributed by atoms with Crippen LogP contribution in [0.5, 0.6) is 5.75 Å². The topological polar surface area (TPSA) is 78.8 Å². The number of carbonyl (C=O) groups excluding carboxylic acids is 2. The van der Waals surface area contributed by atoms with Crippen molar-refractivity contribution in [3.63, 3.8) is 0 Å². The number of carbonyl (C=O) groups is 2. The molecule has 0 aliphatic carbocycles. The number of aromatic nitrogens is 1. The number of methoxy groups -OCH3 is 1. The third-order valence-electron chi connectivity index (χ3n) is 5.32. The van der Waals surface area contributed by atoms with E-state index in [9.17, 15) is 9.59 Å². The molecule has 1 aliphatic heterocycles. The monoisotopic (exact) mass is 399 g/mol. The number of aryl methyl sites for hydroxylation is 1. The van der Waals surface area contributed by atoms with Crippen LogP contribution in [0.3, 0.4) is 0 Å². The number of piperazine rings is 1. The van der Waals surface area contributed by atoms with E-state index in [1.54, 1.807) is 24.3 Å². The van der Waals surface area contributed by atoms with Crippen LogP contribution in [0.25, 0.3) is 0 Å². The second kappa shape index (κ2) is 9.58. The normalized spacial score (nSPS) is 16.2. The Bertz CT molecular complexity index is 842. The Morgan fingerprint density at radius 2 is 1.76 bits per heavy atom. The zero-order chi connectivity index (χ0) is 20.8. The van der Waals surface area contributed by atoms with Gasteiger partial charge >= 0.3 is 11.8 Å². The van der Waals surface area contributed by atoms with E-state index in [0.29, 0.717) is 18.0 Å². The van der Waals surface area contributed by atoms with E-state index in [1.807, 2.05) is 19.3 Å². The molecule has 0 radical (unpaired) electrons. The molecule has 2 amide bonds. The number of hydrogen-bond acceptors (Lipinski definition) is 5. The lowest BCUT2D eigenvalue weighted by Crippen LogP contribution is -2.49. The molecular weight excluding hydrogens is 370 g/mol. The van der Waals surface area contributed by atoms with E-state index in [0.717, 1.165) is 31.9 Å². The molecule has 1 fully saturated rings. The molecule has 1 saturated heterocycles. The van der Waals surface area contributed by atoms with Gasteiger partial charge < -0.3 is 24.8 Å². The molecule has 156 valence electrons. The molecule has 0 saturated carbocycles. The molecule has 1 aliphatic rings. The van der Waals surface area contributed by atoms with Crippen LogP contribution in [0, 0.1) is 0 Å². The molecule has 2 N–H and O–H groups in total. The standard InChI is InChI=1S/C21H29N5O3/c1-24-11-13-26(14-12-24)18(17-8-6-10-25(17)2)15-22-20(27)21(28)23-16-7-4-5-9-19(16)29-3/h4-10,18H,11-15H2,1-3H3,(H,22,27)(H,23,28). The Morgan fingerprint density at radius 3 is 2.41 bits per heavy atom. The van der Waals surface area contributed by atoms with Crippen LogP contribution in [0.1, 0.15) is 11.7 Å². The lowest BCUT2D eigenvalue weighted by atomic mass is 10.1. The van der Waals surface area contributed by atoms with Gasteiger partial charge in [0.15, 0.2) is 0 Å². The lowest BCUT2D eigenvalue weighted by Gasteiger charge is -2.38. The first-order chi connectivity index (χ1) is 14.0. The number of likely N-dealkylation sites (N-methyl/N-ethyl adjacent to an activating group) is 1. The van der Waals surface area contributed by atoms with Gasteiger partial charge in [0.05, 0.1) is 18.8 Å². The van der Waals surface area contributed by atoms with E-state index in [4.69, 9.17) is 4.74 Å². The summed E-state index contributed by atoms with van der Waals surface area (Å²) in [6.45, 7) is 4.14. The maximum atomic E-state index is 12.4. The van der Waals surface area contributed by atoms with Gasteiger partial charge in [0.1, 0.15) is 5.75 Å². The first kappa shape index (κ1) is 20.9. The molecule has 1 unspecified atom stereocenters. The minimum Gasteiger partial charge on any atom is -0.495 e. The number of nitrogens with zero attached hydrogens (tertiary/aromatic N) is 3. The summed E-state index contributed by atoms with van der Waals surface area (Å²) in [7, 11) is 5.62. The highest BCUT2D eigenvalue weighted by Crippen LogP contribution is 2.23. The molecule has 8 heteroatoms. The Balaban J connectivity index is 1.64.